The Morgan fingerprint density at radius 3 is 2.72 bits per heavy atom. The molecule has 0 aliphatic carbocycles. The van der Waals surface area contributed by atoms with Crippen LogP contribution in [-0.4, -0.2) is 22.1 Å². The van der Waals surface area contributed by atoms with E-state index in [1.54, 1.807) is 0 Å². The minimum Gasteiger partial charge on any atom is -0.494 e. The summed E-state index contributed by atoms with van der Waals surface area (Å²) in [5.41, 5.74) is 3.33. The Hall–Kier alpha value is -3.08. The number of ether oxygens (including phenoxy) is 1. The zero-order valence-corrected chi connectivity index (χ0v) is 17.2. The second-order valence-electron chi connectivity index (χ2n) is 7.17. The van der Waals surface area contributed by atoms with Gasteiger partial charge in [0.25, 0.3) is 0 Å². The van der Waals surface area contributed by atoms with E-state index < -0.39 is 0 Å². The highest BCUT2D eigenvalue weighted by atomic mass is 16.5. The number of hydrogen-bond donors (Lipinski definition) is 1. The number of carbonyl (C=O) groups excluding carboxylic acids is 1. The van der Waals surface area contributed by atoms with Gasteiger partial charge in [0.15, 0.2) is 0 Å². The van der Waals surface area contributed by atoms with E-state index in [0.717, 1.165) is 42.0 Å². The van der Waals surface area contributed by atoms with Crippen molar-refractivity contribution in [1.29, 1.82) is 0 Å². The van der Waals surface area contributed by atoms with Crippen LogP contribution in [0.2, 0.25) is 0 Å². The molecule has 0 fully saturated rings. The average Bonchev–Trinajstić information content (AvgIpc) is 3.12. The molecule has 1 unspecified atom stereocenters. The normalized spacial score (nSPS) is 11.9. The molecule has 3 rings (SSSR count). The summed E-state index contributed by atoms with van der Waals surface area (Å²) in [6.07, 6.45) is 3.25. The van der Waals surface area contributed by atoms with E-state index in [-0.39, 0.29) is 5.91 Å². The van der Waals surface area contributed by atoms with Gasteiger partial charge in [-0.15, -0.1) is 0 Å². The summed E-state index contributed by atoms with van der Waals surface area (Å²) in [5.74, 6) is 2.09. The fourth-order valence-corrected chi connectivity index (χ4v) is 3.29. The van der Waals surface area contributed by atoms with E-state index in [1.807, 2.05) is 30.3 Å². The zero-order chi connectivity index (χ0) is 20.6. The number of rotatable bonds is 10. The third-order valence-electron chi connectivity index (χ3n) is 5.20. The number of benzene rings is 2. The van der Waals surface area contributed by atoms with Gasteiger partial charge in [-0.2, -0.15) is 0 Å². The molecule has 1 aromatic heterocycles. The van der Waals surface area contributed by atoms with Crippen molar-refractivity contribution in [2.45, 2.75) is 45.7 Å². The second-order valence-corrected chi connectivity index (χ2v) is 7.17. The SMILES string of the molecule is C=CC(=O)NCc1nc2ccccc2n1CCCOc1ccc(C(C)CC)cc1. The lowest BCUT2D eigenvalue weighted by atomic mass is 9.99. The topological polar surface area (TPSA) is 56.2 Å². The number of aryl methyl sites for hydroxylation is 1. The summed E-state index contributed by atoms with van der Waals surface area (Å²) >= 11 is 0. The van der Waals surface area contributed by atoms with Gasteiger partial charge in [0.2, 0.25) is 5.91 Å². The second kappa shape index (κ2) is 9.92. The first-order valence-electron chi connectivity index (χ1n) is 10.2. The molecule has 0 spiro atoms. The van der Waals surface area contributed by atoms with Gasteiger partial charge in [-0.25, -0.2) is 4.98 Å². The Bertz CT molecular complexity index is 960. The van der Waals surface area contributed by atoms with Crippen LogP contribution in [0.3, 0.4) is 0 Å². The molecule has 29 heavy (non-hydrogen) atoms. The van der Waals surface area contributed by atoms with E-state index in [9.17, 15) is 4.79 Å². The summed E-state index contributed by atoms with van der Waals surface area (Å²) in [5, 5.41) is 2.81. The number of imidazole rings is 1. The van der Waals surface area contributed by atoms with Crippen molar-refractivity contribution in [3.8, 4) is 5.75 Å². The molecule has 1 N–H and O–H groups in total. The van der Waals surface area contributed by atoms with Gasteiger partial charge < -0.3 is 14.6 Å². The van der Waals surface area contributed by atoms with Crippen LogP contribution in [-0.2, 0) is 17.9 Å². The number of hydrogen-bond acceptors (Lipinski definition) is 3. The predicted octanol–water partition coefficient (Wildman–Crippen LogP) is 4.82. The quantitative estimate of drug-likeness (QED) is 0.398. The van der Waals surface area contributed by atoms with Gasteiger partial charge in [-0.05, 0) is 54.7 Å². The predicted molar refractivity (Wildman–Crippen MR) is 117 cm³/mol. The highest BCUT2D eigenvalue weighted by Gasteiger charge is 2.11. The minimum atomic E-state index is -0.201. The summed E-state index contributed by atoms with van der Waals surface area (Å²) in [6, 6.07) is 16.4. The van der Waals surface area contributed by atoms with Crippen LogP contribution in [0.4, 0.5) is 0 Å². The Morgan fingerprint density at radius 1 is 1.24 bits per heavy atom. The number of para-hydroxylation sites is 2. The fraction of sp³-hybridized carbons (Fsp3) is 0.333. The molecule has 3 aromatic rings. The molecule has 0 bridgehead atoms. The molecular formula is C24H29N3O2. The molecule has 1 heterocycles. The van der Waals surface area contributed by atoms with Crippen molar-refractivity contribution in [1.82, 2.24) is 14.9 Å². The molecular weight excluding hydrogens is 362 g/mol. The first-order valence-corrected chi connectivity index (χ1v) is 10.2. The van der Waals surface area contributed by atoms with Crippen LogP contribution in [0.1, 0.15) is 44.0 Å². The van der Waals surface area contributed by atoms with E-state index in [0.29, 0.717) is 19.1 Å². The Balaban J connectivity index is 1.61. The van der Waals surface area contributed by atoms with Gasteiger partial charge >= 0.3 is 0 Å². The number of nitrogens with one attached hydrogen (secondary N) is 1. The fourth-order valence-electron chi connectivity index (χ4n) is 3.29. The largest absolute Gasteiger partial charge is 0.494 e. The average molecular weight is 392 g/mol. The van der Waals surface area contributed by atoms with Gasteiger partial charge in [0.1, 0.15) is 11.6 Å². The van der Waals surface area contributed by atoms with E-state index in [4.69, 9.17) is 4.74 Å². The van der Waals surface area contributed by atoms with Crippen LogP contribution < -0.4 is 10.1 Å². The van der Waals surface area contributed by atoms with Crippen molar-refractivity contribution in [2.24, 2.45) is 0 Å². The summed E-state index contributed by atoms with van der Waals surface area (Å²) < 4.78 is 8.07. The van der Waals surface area contributed by atoms with E-state index in [2.05, 4.69) is 53.5 Å². The molecule has 0 saturated carbocycles. The monoisotopic (exact) mass is 391 g/mol. The van der Waals surface area contributed by atoms with Gasteiger partial charge in [0.05, 0.1) is 24.2 Å². The summed E-state index contributed by atoms with van der Waals surface area (Å²) in [7, 11) is 0. The molecule has 1 amide bonds. The molecule has 152 valence electrons. The Morgan fingerprint density at radius 2 is 2.00 bits per heavy atom. The van der Waals surface area contributed by atoms with Crippen molar-refractivity contribution in [2.75, 3.05) is 6.61 Å². The lowest BCUT2D eigenvalue weighted by molar-refractivity contribution is -0.116. The number of amides is 1. The van der Waals surface area contributed by atoms with Crippen LogP contribution in [0, 0.1) is 0 Å². The summed E-state index contributed by atoms with van der Waals surface area (Å²) in [6.45, 7) is 9.69. The molecule has 0 aliphatic heterocycles. The lowest BCUT2D eigenvalue weighted by Gasteiger charge is -2.12. The van der Waals surface area contributed by atoms with E-state index >= 15 is 0 Å². The molecule has 1 atom stereocenters. The van der Waals surface area contributed by atoms with Crippen molar-refractivity contribution in [3.63, 3.8) is 0 Å². The van der Waals surface area contributed by atoms with Crippen molar-refractivity contribution in [3.05, 3.63) is 72.6 Å². The van der Waals surface area contributed by atoms with Gasteiger partial charge in [-0.1, -0.05) is 44.7 Å². The highest BCUT2D eigenvalue weighted by Crippen LogP contribution is 2.22. The maximum Gasteiger partial charge on any atom is 0.243 e. The number of nitrogens with zero attached hydrogens (tertiary/aromatic N) is 2. The molecule has 2 aromatic carbocycles. The van der Waals surface area contributed by atoms with Crippen molar-refractivity contribution >= 4 is 16.9 Å². The van der Waals surface area contributed by atoms with Gasteiger partial charge in [-0.3, -0.25) is 4.79 Å². The maximum absolute atomic E-state index is 11.5. The lowest BCUT2D eigenvalue weighted by Crippen LogP contribution is -2.22. The minimum absolute atomic E-state index is 0.201. The van der Waals surface area contributed by atoms with Crippen LogP contribution in [0.15, 0.2) is 61.2 Å². The summed E-state index contributed by atoms with van der Waals surface area (Å²) in [4.78, 5) is 16.2. The first kappa shape index (κ1) is 20.6. The number of carbonyl (C=O) groups is 1. The smallest absolute Gasteiger partial charge is 0.243 e. The highest BCUT2D eigenvalue weighted by molar-refractivity contribution is 5.86. The molecule has 0 saturated heterocycles. The Kier molecular flexibility index (Phi) is 7.06. The van der Waals surface area contributed by atoms with Crippen LogP contribution in [0.5, 0.6) is 5.75 Å². The van der Waals surface area contributed by atoms with Crippen LogP contribution >= 0.6 is 0 Å². The number of aromatic nitrogens is 2. The zero-order valence-electron chi connectivity index (χ0n) is 17.2. The van der Waals surface area contributed by atoms with Crippen LogP contribution in [0.25, 0.3) is 11.0 Å². The molecule has 0 radical (unpaired) electrons. The Labute approximate surface area is 172 Å². The van der Waals surface area contributed by atoms with Crippen molar-refractivity contribution < 1.29 is 9.53 Å². The van der Waals surface area contributed by atoms with E-state index in [1.165, 1.54) is 11.6 Å². The molecule has 5 nitrogen and oxygen atoms in total. The first-order chi connectivity index (χ1) is 14.1. The maximum atomic E-state index is 11.5. The van der Waals surface area contributed by atoms with Gasteiger partial charge in [0, 0.05) is 6.54 Å². The molecule has 5 heteroatoms. The standard InChI is InChI=1S/C24H29N3O2/c1-4-18(3)19-11-13-20(14-12-19)29-16-8-15-27-22-10-7-6-9-21(22)26-23(27)17-25-24(28)5-2/h5-7,9-14,18H,2,4,8,15-17H2,1,3H3,(H,25,28). The number of fused-ring (bicyclic) bond motifs is 1. The third kappa shape index (κ3) is 5.25. The molecule has 0 aliphatic rings. The third-order valence-corrected chi connectivity index (χ3v) is 5.20.